The molecule has 1 heterocycles. The third kappa shape index (κ3) is 2.78. The topological polar surface area (TPSA) is 67.7 Å². The maximum Gasteiger partial charge on any atom is 0.141 e. The molecule has 0 saturated carbocycles. The molecule has 1 aromatic rings. The standard InChI is InChI=1S/C5H8N4.2ClH/c1-9-3-8-2-4(9)5(6)7;;/h2-3H,1H3,(H3,6,7);2*1H. The molecule has 0 aliphatic heterocycles. The summed E-state index contributed by atoms with van der Waals surface area (Å²) in [7, 11) is 1.80. The van der Waals surface area contributed by atoms with Crippen molar-refractivity contribution in [3.63, 3.8) is 0 Å². The molecule has 0 unspecified atom stereocenters. The van der Waals surface area contributed by atoms with Gasteiger partial charge in [-0.1, -0.05) is 0 Å². The number of imidazole rings is 1. The summed E-state index contributed by atoms with van der Waals surface area (Å²) in [5.41, 5.74) is 5.83. The van der Waals surface area contributed by atoms with Gasteiger partial charge in [0, 0.05) is 7.05 Å². The molecule has 1 rings (SSSR count). The third-order valence-electron chi connectivity index (χ3n) is 1.09. The molecule has 64 valence electrons. The molecule has 0 aliphatic carbocycles. The molecule has 0 spiro atoms. The van der Waals surface area contributed by atoms with Crippen LogP contribution >= 0.6 is 24.8 Å². The molecule has 4 nitrogen and oxygen atoms in total. The predicted molar refractivity (Wildman–Crippen MR) is 48.7 cm³/mol. The minimum Gasteiger partial charge on any atom is -0.382 e. The van der Waals surface area contributed by atoms with Gasteiger partial charge in [0.25, 0.3) is 0 Å². The maximum absolute atomic E-state index is 7.01. The SMILES string of the molecule is Cl.Cl.Cn1cncc1C(=N)N. The largest absolute Gasteiger partial charge is 0.382 e. The lowest BCUT2D eigenvalue weighted by atomic mass is 10.4. The van der Waals surface area contributed by atoms with Crippen LogP contribution in [0.25, 0.3) is 0 Å². The van der Waals surface area contributed by atoms with E-state index in [2.05, 4.69) is 4.98 Å². The lowest BCUT2D eigenvalue weighted by Gasteiger charge is -1.95. The first-order valence-electron chi connectivity index (χ1n) is 2.52. The van der Waals surface area contributed by atoms with Crippen LogP contribution in [0.4, 0.5) is 0 Å². The van der Waals surface area contributed by atoms with Crippen LogP contribution in [0.15, 0.2) is 12.5 Å². The Bertz CT molecular complexity index is 232. The number of amidine groups is 1. The third-order valence-corrected chi connectivity index (χ3v) is 1.09. The molecule has 0 saturated heterocycles. The van der Waals surface area contributed by atoms with E-state index in [9.17, 15) is 0 Å². The van der Waals surface area contributed by atoms with Gasteiger partial charge in [0.1, 0.15) is 11.5 Å². The van der Waals surface area contributed by atoms with Gasteiger partial charge in [0.05, 0.1) is 12.5 Å². The highest BCUT2D eigenvalue weighted by atomic mass is 35.5. The van der Waals surface area contributed by atoms with Crippen LogP contribution in [0.3, 0.4) is 0 Å². The van der Waals surface area contributed by atoms with Crippen LogP contribution in [-0.2, 0) is 7.05 Å². The molecule has 3 N–H and O–H groups in total. The van der Waals surface area contributed by atoms with Gasteiger partial charge in [-0.2, -0.15) is 0 Å². The van der Waals surface area contributed by atoms with E-state index in [1.807, 2.05) is 0 Å². The summed E-state index contributed by atoms with van der Waals surface area (Å²) in [4.78, 5) is 3.79. The van der Waals surface area contributed by atoms with E-state index in [1.54, 1.807) is 24.1 Å². The zero-order valence-electron chi connectivity index (χ0n) is 5.94. The lowest BCUT2D eigenvalue weighted by Crippen LogP contribution is -2.14. The molecule has 0 atom stereocenters. The summed E-state index contributed by atoms with van der Waals surface area (Å²) >= 11 is 0. The molecule has 0 bridgehead atoms. The zero-order valence-corrected chi connectivity index (χ0v) is 7.58. The second-order valence-electron chi connectivity index (χ2n) is 1.80. The van der Waals surface area contributed by atoms with E-state index in [-0.39, 0.29) is 30.6 Å². The highest BCUT2D eigenvalue weighted by molar-refractivity contribution is 5.92. The van der Waals surface area contributed by atoms with Gasteiger partial charge in [-0.3, -0.25) is 5.41 Å². The quantitative estimate of drug-likeness (QED) is 0.509. The molecule has 6 heteroatoms. The van der Waals surface area contributed by atoms with Crippen molar-refractivity contribution in [1.82, 2.24) is 9.55 Å². The fraction of sp³-hybridized carbons (Fsp3) is 0.200. The average molecular weight is 197 g/mol. The minimum absolute atomic E-state index is 0. The Kier molecular flexibility index (Phi) is 5.84. The van der Waals surface area contributed by atoms with Gasteiger partial charge in [0.2, 0.25) is 0 Å². The fourth-order valence-corrected chi connectivity index (χ4v) is 0.617. The van der Waals surface area contributed by atoms with E-state index in [0.29, 0.717) is 5.69 Å². The molecular weight excluding hydrogens is 187 g/mol. The molecular formula is C5H10Cl2N4. The van der Waals surface area contributed by atoms with Crippen LogP contribution in [0.1, 0.15) is 5.69 Å². The maximum atomic E-state index is 7.01. The van der Waals surface area contributed by atoms with E-state index < -0.39 is 0 Å². The zero-order chi connectivity index (χ0) is 6.85. The molecule has 0 aromatic carbocycles. The average Bonchev–Trinajstić information content (AvgIpc) is 2.13. The number of hydrogen-bond donors (Lipinski definition) is 2. The molecule has 0 aliphatic rings. The highest BCUT2D eigenvalue weighted by Crippen LogP contribution is 1.91. The summed E-state index contributed by atoms with van der Waals surface area (Å²) in [5, 5.41) is 7.01. The van der Waals surface area contributed by atoms with E-state index in [4.69, 9.17) is 11.1 Å². The lowest BCUT2D eigenvalue weighted by molar-refractivity contribution is 0.899. The van der Waals surface area contributed by atoms with Crippen molar-refractivity contribution in [2.45, 2.75) is 0 Å². The Morgan fingerprint density at radius 2 is 2.18 bits per heavy atom. The first kappa shape index (κ1) is 12.9. The number of aromatic nitrogens is 2. The summed E-state index contributed by atoms with van der Waals surface area (Å²) < 4.78 is 1.70. The Morgan fingerprint density at radius 3 is 2.36 bits per heavy atom. The number of nitrogens with zero attached hydrogens (tertiary/aromatic N) is 2. The smallest absolute Gasteiger partial charge is 0.141 e. The van der Waals surface area contributed by atoms with Gasteiger partial charge in [-0.25, -0.2) is 4.98 Å². The number of halogens is 2. The van der Waals surface area contributed by atoms with Crippen LogP contribution in [-0.4, -0.2) is 15.4 Å². The normalized spacial score (nSPS) is 7.73. The van der Waals surface area contributed by atoms with Crippen molar-refractivity contribution < 1.29 is 0 Å². The first-order valence-corrected chi connectivity index (χ1v) is 2.52. The van der Waals surface area contributed by atoms with Crippen molar-refractivity contribution in [2.24, 2.45) is 12.8 Å². The van der Waals surface area contributed by atoms with Crippen molar-refractivity contribution in [2.75, 3.05) is 0 Å². The number of aryl methyl sites for hydroxylation is 1. The van der Waals surface area contributed by atoms with Crippen molar-refractivity contribution in [3.8, 4) is 0 Å². The van der Waals surface area contributed by atoms with E-state index in [1.165, 1.54) is 0 Å². The van der Waals surface area contributed by atoms with E-state index in [0.717, 1.165) is 0 Å². The fourth-order valence-electron chi connectivity index (χ4n) is 0.617. The summed E-state index contributed by atoms with van der Waals surface area (Å²) in [6, 6.07) is 0. The number of nitrogens with one attached hydrogen (secondary N) is 1. The monoisotopic (exact) mass is 196 g/mol. The first-order chi connectivity index (χ1) is 4.22. The van der Waals surface area contributed by atoms with Crippen LogP contribution in [0.5, 0.6) is 0 Å². The van der Waals surface area contributed by atoms with Gasteiger partial charge >= 0.3 is 0 Å². The van der Waals surface area contributed by atoms with Gasteiger partial charge < -0.3 is 10.3 Å². The second-order valence-corrected chi connectivity index (χ2v) is 1.80. The molecule has 0 radical (unpaired) electrons. The summed E-state index contributed by atoms with van der Waals surface area (Å²) in [5.74, 6) is 0.0509. The number of rotatable bonds is 1. The molecule has 11 heavy (non-hydrogen) atoms. The number of hydrogen-bond acceptors (Lipinski definition) is 2. The van der Waals surface area contributed by atoms with Gasteiger partial charge in [0.15, 0.2) is 0 Å². The molecule has 1 aromatic heterocycles. The summed E-state index contributed by atoms with van der Waals surface area (Å²) in [6.07, 6.45) is 3.17. The Morgan fingerprint density at radius 1 is 1.64 bits per heavy atom. The number of nitrogen functional groups attached to an aromatic ring is 1. The molecule has 0 fully saturated rings. The minimum atomic E-state index is 0. The molecule has 0 amide bonds. The van der Waals surface area contributed by atoms with Crippen LogP contribution in [0.2, 0.25) is 0 Å². The van der Waals surface area contributed by atoms with Crippen LogP contribution in [0, 0.1) is 5.41 Å². The Balaban J connectivity index is 0. The Hall–Kier alpha value is -0.740. The van der Waals surface area contributed by atoms with Crippen molar-refractivity contribution in [3.05, 3.63) is 18.2 Å². The van der Waals surface area contributed by atoms with Crippen LogP contribution < -0.4 is 5.73 Å². The highest BCUT2D eigenvalue weighted by Gasteiger charge is 1.98. The van der Waals surface area contributed by atoms with Gasteiger partial charge in [-0.05, 0) is 0 Å². The predicted octanol–water partition coefficient (Wildman–Crippen LogP) is 0.548. The van der Waals surface area contributed by atoms with Crippen molar-refractivity contribution >= 4 is 30.6 Å². The van der Waals surface area contributed by atoms with E-state index >= 15 is 0 Å². The second kappa shape index (κ2) is 4.98. The van der Waals surface area contributed by atoms with Crippen molar-refractivity contribution in [1.29, 1.82) is 5.41 Å². The number of nitrogens with two attached hydrogens (primary N) is 1. The summed E-state index contributed by atoms with van der Waals surface area (Å²) in [6.45, 7) is 0. The van der Waals surface area contributed by atoms with Gasteiger partial charge in [-0.15, -0.1) is 24.8 Å². The Labute approximate surface area is 77.1 Å².